The average Bonchev–Trinajstić information content (AvgIpc) is 3.45. The molecule has 1 saturated carbocycles. The highest BCUT2D eigenvalue weighted by atomic mass is 16.5. The smallest absolute Gasteiger partial charge is 0.252 e. The molecule has 1 fully saturated rings. The molecule has 7 nitrogen and oxygen atoms in total. The number of carbonyl (C=O) groups is 1. The summed E-state index contributed by atoms with van der Waals surface area (Å²) in [5.74, 6) is 0.0280. The lowest BCUT2D eigenvalue weighted by Gasteiger charge is -2.34. The summed E-state index contributed by atoms with van der Waals surface area (Å²) in [6, 6.07) is 0.316. The highest BCUT2D eigenvalue weighted by Crippen LogP contribution is 2.35. The summed E-state index contributed by atoms with van der Waals surface area (Å²) in [5.41, 5.74) is 15.2. The van der Waals surface area contributed by atoms with Crippen LogP contribution in [-0.4, -0.2) is 60.9 Å². The predicted molar refractivity (Wildman–Crippen MR) is 114 cm³/mol. The number of rotatable bonds is 8. The minimum atomic E-state index is -0.713. The summed E-state index contributed by atoms with van der Waals surface area (Å²) in [6.07, 6.45) is 10.2. The van der Waals surface area contributed by atoms with Crippen LogP contribution in [0.1, 0.15) is 49.4 Å². The van der Waals surface area contributed by atoms with Gasteiger partial charge in [-0.2, -0.15) is 0 Å². The standard InChI is InChI=1S/C22H36N4O3/c1-22(24)14-19(29-13-10-23)21(27)26(17-8-9-17)11-4-7-18-16(6-5-12-28-3)15-25(2)20(18)22/h4,7,15,17,19H,5-6,8-14,23-24H2,1-3H3/b7-4+/t19-,22?/m1/s1. The van der Waals surface area contributed by atoms with Crippen LogP contribution >= 0.6 is 0 Å². The SMILES string of the molecule is COCCCc1cn(C)c2c1/C=C/CN(C1CC1)C(=O)[C@H](OCCN)CC2(C)N. The maximum atomic E-state index is 13.3. The number of ether oxygens (including phenoxy) is 2. The van der Waals surface area contributed by atoms with E-state index in [1.807, 2.05) is 18.9 Å². The number of nitrogens with zero attached hydrogens (tertiary/aromatic N) is 2. The molecular formula is C22H36N4O3. The molecule has 1 unspecified atom stereocenters. The Labute approximate surface area is 174 Å². The van der Waals surface area contributed by atoms with E-state index >= 15 is 0 Å². The largest absolute Gasteiger partial charge is 0.385 e. The lowest BCUT2D eigenvalue weighted by atomic mass is 9.87. The van der Waals surface area contributed by atoms with Crippen LogP contribution in [0, 0.1) is 0 Å². The lowest BCUT2D eigenvalue weighted by molar-refractivity contribution is -0.145. The normalized spacial score (nSPS) is 26.4. The van der Waals surface area contributed by atoms with E-state index < -0.39 is 11.6 Å². The van der Waals surface area contributed by atoms with Crippen LogP contribution in [0.2, 0.25) is 0 Å². The van der Waals surface area contributed by atoms with Crippen LogP contribution in [0.4, 0.5) is 0 Å². The fourth-order valence-corrected chi connectivity index (χ4v) is 4.40. The van der Waals surface area contributed by atoms with Gasteiger partial charge in [0, 0.05) is 63.8 Å². The first-order valence-electron chi connectivity index (χ1n) is 10.6. The molecule has 1 aliphatic carbocycles. The summed E-state index contributed by atoms with van der Waals surface area (Å²) in [7, 11) is 3.75. The number of hydrogen-bond acceptors (Lipinski definition) is 5. The van der Waals surface area contributed by atoms with Gasteiger partial charge in [0.2, 0.25) is 0 Å². The monoisotopic (exact) mass is 404 g/mol. The second-order valence-electron chi connectivity index (χ2n) is 8.52. The van der Waals surface area contributed by atoms with Gasteiger partial charge in [-0.25, -0.2) is 0 Å². The Bertz CT molecular complexity index is 737. The summed E-state index contributed by atoms with van der Waals surface area (Å²) in [4.78, 5) is 15.2. The van der Waals surface area contributed by atoms with E-state index in [-0.39, 0.29) is 5.91 Å². The van der Waals surface area contributed by atoms with Crippen molar-refractivity contribution < 1.29 is 14.3 Å². The molecule has 1 aromatic rings. The van der Waals surface area contributed by atoms with Crippen molar-refractivity contribution in [2.45, 2.75) is 56.7 Å². The molecule has 0 radical (unpaired) electrons. The first-order valence-corrected chi connectivity index (χ1v) is 10.6. The van der Waals surface area contributed by atoms with E-state index in [4.69, 9.17) is 20.9 Å². The maximum Gasteiger partial charge on any atom is 0.252 e. The fourth-order valence-electron chi connectivity index (χ4n) is 4.40. The summed E-state index contributed by atoms with van der Waals surface area (Å²) < 4.78 is 13.2. The topological polar surface area (TPSA) is 95.7 Å². The van der Waals surface area contributed by atoms with Gasteiger partial charge < -0.3 is 30.4 Å². The third kappa shape index (κ3) is 5.09. The Balaban J connectivity index is 1.98. The number of aryl methyl sites for hydroxylation is 2. The van der Waals surface area contributed by atoms with Crippen LogP contribution in [-0.2, 0) is 33.3 Å². The van der Waals surface area contributed by atoms with Gasteiger partial charge >= 0.3 is 0 Å². The van der Waals surface area contributed by atoms with Gasteiger partial charge in [-0.3, -0.25) is 4.79 Å². The number of aromatic nitrogens is 1. The van der Waals surface area contributed by atoms with Gasteiger partial charge in [-0.1, -0.05) is 12.2 Å². The van der Waals surface area contributed by atoms with Crippen LogP contribution in [0.15, 0.2) is 12.3 Å². The predicted octanol–water partition coefficient (Wildman–Crippen LogP) is 1.53. The van der Waals surface area contributed by atoms with E-state index in [0.29, 0.717) is 32.2 Å². The van der Waals surface area contributed by atoms with E-state index in [1.165, 1.54) is 5.56 Å². The summed E-state index contributed by atoms with van der Waals surface area (Å²) in [6.45, 7) is 4.05. The Morgan fingerprint density at radius 1 is 1.31 bits per heavy atom. The Hall–Kier alpha value is -1.67. The molecule has 162 valence electrons. The molecule has 29 heavy (non-hydrogen) atoms. The van der Waals surface area contributed by atoms with Gasteiger partial charge in [0.1, 0.15) is 6.10 Å². The van der Waals surface area contributed by atoms with E-state index in [2.05, 4.69) is 22.9 Å². The molecule has 0 aromatic carbocycles. The molecule has 1 amide bonds. The lowest BCUT2D eigenvalue weighted by Crippen LogP contribution is -2.48. The molecule has 0 spiro atoms. The molecular weight excluding hydrogens is 368 g/mol. The maximum absolute atomic E-state index is 13.3. The van der Waals surface area contributed by atoms with Crippen molar-refractivity contribution in [3.63, 3.8) is 0 Å². The second-order valence-corrected chi connectivity index (χ2v) is 8.52. The first kappa shape index (κ1) is 22.0. The van der Waals surface area contributed by atoms with Crippen molar-refractivity contribution in [3.8, 4) is 0 Å². The van der Waals surface area contributed by atoms with Gasteiger partial charge in [-0.05, 0) is 38.2 Å². The van der Waals surface area contributed by atoms with E-state index in [9.17, 15) is 4.79 Å². The van der Waals surface area contributed by atoms with Gasteiger partial charge in [-0.15, -0.1) is 0 Å². The third-order valence-electron chi connectivity index (χ3n) is 5.82. The Morgan fingerprint density at radius 3 is 2.72 bits per heavy atom. The van der Waals surface area contributed by atoms with Crippen molar-refractivity contribution in [2.24, 2.45) is 18.5 Å². The molecule has 7 heteroatoms. The zero-order valence-corrected chi connectivity index (χ0v) is 18.0. The second kappa shape index (κ2) is 9.43. The molecule has 1 aromatic heterocycles. The number of fused-ring (bicyclic) bond motifs is 1. The van der Waals surface area contributed by atoms with E-state index in [0.717, 1.165) is 43.5 Å². The zero-order chi connectivity index (χ0) is 21.0. The molecule has 2 atom stereocenters. The van der Waals surface area contributed by atoms with Crippen molar-refractivity contribution in [3.05, 3.63) is 29.1 Å². The van der Waals surface area contributed by atoms with Crippen molar-refractivity contribution >= 4 is 12.0 Å². The van der Waals surface area contributed by atoms with Crippen LogP contribution in [0.25, 0.3) is 6.08 Å². The Kier molecular flexibility index (Phi) is 7.16. The number of carbonyl (C=O) groups excluding carboxylic acids is 1. The number of nitrogens with two attached hydrogens (primary N) is 2. The summed E-state index contributed by atoms with van der Waals surface area (Å²) in [5, 5.41) is 0. The zero-order valence-electron chi connectivity index (χ0n) is 18.0. The Morgan fingerprint density at radius 2 is 2.07 bits per heavy atom. The highest BCUT2D eigenvalue weighted by molar-refractivity contribution is 5.82. The molecule has 3 rings (SSSR count). The molecule has 2 aliphatic rings. The van der Waals surface area contributed by atoms with E-state index in [1.54, 1.807) is 7.11 Å². The number of hydrogen-bond donors (Lipinski definition) is 2. The van der Waals surface area contributed by atoms with Crippen LogP contribution < -0.4 is 11.5 Å². The minimum absolute atomic E-state index is 0.0280. The van der Waals surface area contributed by atoms with Gasteiger partial charge in [0.05, 0.1) is 12.1 Å². The van der Waals surface area contributed by atoms with Crippen molar-refractivity contribution in [1.82, 2.24) is 9.47 Å². The molecule has 4 N–H and O–H groups in total. The first-order chi connectivity index (χ1) is 13.9. The molecule has 1 aliphatic heterocycles. The molecule has 2 heterocycles. The quantitative estimate of drug-likeness (QED) is 0.641. The van der Waals surface area contributed by atoms with Crippen molar-refractivity contribution in [2.75, 3.05) is 33.4 Å². The van der Waals surface area contributed by atoms with Crippen LogP contribution in [0.5, 0.6) is 0 Å². The fraction of sp³-hybridized carbons (Fsp3) is 0.682. The number of methoxy groups -OCH3 is 1. The average molecular weight is 405 g/mol. The molecule has 0 saturated heterocycles. The third-order valence-corrected chi connectivity index (χ3v) is 5.82. The minimum Gasteiger partial charge on any atom is -0.385 e. The van der Waals surface area contributed by atoms with Crippen LogP contribution in [0.3, 0.4) is 0 Å². The van der Waals surface area contributed by atoms with Gasteiger partial charge in [0.15, 0.2) is 0 Å². The van der Waals surface area contributed by atoms with Gasteiger partial charge in [0.25, 0.3) is 5.91 Å². The molecule has 0 bridgehead atoms. The highest BCUT2D eigenvalue weighted by Gasteiger charge is 2.40. The van der Waals surface area contributed by atoms with Crippen molar-refractivity contribution in [1.29, 1.82) is 0 Å². The number of amides is 1. The summed E-state index contributed by atoms with van der Waals surface area (Å²) >= 11 is 0.